The standard InChI is InChI=1S/C24H26Cl2N2O5/c1-11-8-14-17(20(28(2)27-14)12-6-5-7-13(25)9-12)22(29)24(11)23(30)18-15(31-3)10-16(32-4)19(26)21(18)33-24/h5-7,9-11,14,17,20,22,27,29H,8H2,1-4H3. The van der Waals surface area contributed by atoms with Gasteiger partial charge in [-0.2, -0.15) is 0 Å². The Morgan fingerprint density at radius 1 is 1.21 bits per heavy atom. The number of hydrogen-bond acceptors (Lipinski definition) is 7. The number of aliphatic hydroxyl groups is 1. The number of benzene rings is 2. The number of ketones is 1. The molecule has 9 heteroatoms. The molecule has 2 fully saturated rings. The molecule has 0 amide bonds. The van der Waals surface area contributed by atoms with Gasteiger partial charge in [0.1, 0.15) is 28.2 Å². The summed E-state index contributed by atoms with van der Waals surface area (Å²) >= 11 is 12.8. The first kappa shape index (κ1) is 22.7. The van der Waals surface area contributed by atoms with E-state index in [-0.39, 0.29) is 46.0 Å². The summed E-state index contributed by atoms with van der Waals surface area (Å²) in [7, 11) is 4.89. The molecule has 7 nitrogen and oxygen atoms in total. The summed E-state index contributed by atoms with van der Waals surface area (Å²) in [6, 6.07) is 8.89. The van der Waals surface area contributed by atoms with Gasteiger partial charge in [0.15, 0.2) is 5.75 Å². The Kier molecular flexibility index (Phi) is 5.53. The first-order valence-electron chi connectivity index (χ1n) is 10.8. The molecule has 3 aliphatic rings. The fraction of sp³-hybridized carbons (Fsp3) is 0.458. The van der Waals surface area contributed by atoms with Crippen molar-refractivity contribution in [3.8, 4) is 17.2 Å². The lowest BCUT2D eigenvalue weighted by molar-refractivity contribution is -0.111. The van der Waals surface area contributed by atoms with Crippen LogP contribution in [0.1, 0.15) is 35.3 Å². The van der Waals surface area contributed by atoms with E-state index in [0.29, 0.717) is 22.9 Å². The van der Waals surface area contributed by atoms with Crippen LogP contribution in [0.4, 0.5) is 0 Å². The normalized spacial score (nSPS) is 33.1. The van der Waals surface area contributed by atoms with E-state index < -0.39 is 11.7 Å². The van der Waals surface area contributed by atoms with Crippen molar-refractivity contribution >= 4 is 29.0 Å². The number of hydrogen-bond donors (Lipinski definition) is 2. The van der Waals surface area contributed by atoms with Crippen LogP contribution in [-0.4, -0.2) is 54.9 Å². The van der Waals surface area contributed by atoms with Crippen LogP contribution in [0, 0.1) is 11.8 Å². The van der Waals surface area contributed by atoms with Gasteiger partial charge >= 0.3 is 0 Å². The van der Waals surface area contributed by atoms with Gasteiger partial charge < -0.3 is 19.3 Å². The Bertz CT molecular complexity index is 1130. The van der Waals surface area contributed by atoms with Gasteiger partial charge in [0.2, 0.25) is 11.4 Å². The molecule has 33 heavy (non-hydrogen) atoms. The van der Waals surface area contributed by atoms with E-state index in [1.807, 2.05) is 43.2 Å². The van der Waals surface area contributed by atoms with Gasteiger partial charge in [-0.25, -0.2) is 5.01 Å². The van der Waals surface area contributed by atoms with E-state index in [1.165, 1.54) is 14.2 Å². The highest BCUT2D eigenvalue weighted by atomic mass is 35.5. The van der Waals surface area contributed by atoms with Crippen LogP contribution < -0.4 is 19.6 Å². The zero-order chi connectivity index (χ0) is 23.7. The second kappa shape index (κ2) is 8.03. The first-order chi connectivity index (χ1) is 15.7. The largest absolute Gasteiger partial charge is 0.496 e. The van der Waals surface area contributed by atoms with Crippen molar-refractivity contribution in [2.24, 2.45) is 11.8 Å². The Balaban J connectivity index is 1.62. The molecule has 1 aliphatic carbocycles. The third-order valence-corrected chi connectivity index (χ3v) is 7.99. The third kappa shape index (κ3) is 3.10. The maximum absolute atomic E-state index is 14.0. The van der Waals surface area contributed by atoms with Crippen LogP contribution in [0.2, 0.25) is 10.0 Å². The van der Waals surface area contributed by atoms with Crippen molar-refractivity contribution in [2.45, 2.75) is 37.1 Å². The predicted octanol–water partition coefficient (Wildman–Crippen LogP) is 3.90. The molecule has 2 aromatic carbocycles. The summed E-state index contributed by atoms with van der Waals surface area (Å²) < 4.78 is 17.2. The summed E-state index contributed by atoms with van der Waals surface area (Å²) in [6.45, 7) is 1.93. The molecule has 5 rings (SSSR count). The molecule has 2 aromatic rings. The Labute approximate surface area is 202 Å². The lowest BCUT2D eigenvalue weighted by atomic mass is 9.63. The average Bonchev–Trinajstić information content (AvgIpc) is 3.28. The highest BCUT2D eigenvalue weighted by Gasteiger charge is 2.66. The fourth-order valence-corrected chi connectivity index (χ4v) is 6.38. The number of aliphatic hydroxyl groups excluding tert-OH is 1. The zero-order valence-corrected chi connectivity index (χ0v) is 20.3. The minimum absolute atomic E-state index is 0.0402. The van der Waals surface area contributed by atoms with E-state index in [4.69, 9.17) is 37.4 Å². The van der Waals surface area contributed by atoms with Crippen molar-refractivity contribution in [3.63, 3.8) is 0 Å². The monoisotopic (exact) mass is 492 g/mol. The molecule has 6 atom stereocenters. The maximum atomic E-state index is 14.0. The molecule has 0 aromatic heterocycles. The van der Waals surface area contributed by atoms with Crippen LogP contribution in [0.15, 0.2) is 30.3 Å². The van der Waals surface area contributed by atoms with Crippen molar-refractivity contribution < 1.29 is 24.1 Å². The third-order valence-electron chi connectivity index (χ3n) is 7.39. The Morgan fingerprint density at radius 2 is 1.94 bits per heavy atom. The Hall–Kier alpha value is -2.03. The second-order valence-electron chi connectivity index (χ2n) is 9.03. The Morgan fingerprint density at radius 3 is 2.61 bits per heavy atom. The molecule has 1 saturated heterocycles. The summed E-state index contributed by atoms with van der Waals surface area (Å²) in [5.41, 5.74) is 3.18. The number of rotatable bonds is 3. The van der Waals surface area contributed by atoms with Crippen LogP contribution in [0.5, 0.6) is 17.2 Å². The van der Waals surface area contributed by atoms with Gasteiger partial charge in [-0.05, 0) is 24.1 Å². The molecule has 1 spiro atoms. The van der Waals surface area contributed by atoms with Gasteiger partial charge in [0.25, 0.3) is 0 Å². The van der Waals surface area contributed by atoms with Crippen molar-refractivity contribution in [1.82, 2.24) is 10.4 Å². The van der Waals surface area contributed by atoms with E-state index in [0.717, 1.165) is 5.56 Å². The molecule has 6 unspecified atom stereocenters. The summed E-state index contributed by atoms with van der Waals surface area (Å²) in [5.74, 6) is -0.0960. The van der Waals surface area contributed by atoms with Gasteiger partial charge in [0.05, 0.1) is 20.3 Å². The molecule has 2 heterocycles. The number of fused-ring (bicyclic) bond motifs is 2. The van der Waals surface area contributed by atoms with Crippen molar-refractivity contribution in [2.75, 3.05) is 21.3 Å². The number of nitrogens with one attached hydrogen (secondary N) is 1. The van der Waals surface area contributed by atoms with Gasteiger partial charge in [-0.3, -0.25) is 10.2 Å². The molecule has 0 bridgehead atoms. The number of nitrogens with zero attached hydrogens (tertiary/aromatic N) is 1. The first-order valence-corrected chi connectivity index (χ1v) is 11.6. The van der Waals surface area contributed by atoms with E-state index in [1.54, 1.807) is 6.07 Å². The number of carbonyl (C=O) groups excluding carboxylic acids is 1. The lowest BCUT2D eigenvalue weighted by Crippen LogP contribution is -2.65. The summed E-state index contributed by atoms with van der Waals surface area (Å²) in [6.07, 6.45) is -0.487. The van der Waals surface area contributed by atoms with Gasteiger partial charge in [-0.1, -0.05) is 42.3 Å². The number of halogens is 2. The number of carbonyl (C=O) groups is 1. The molecule has 2 aliphatic heterocycles. The van der Waals surface area contributed by atoms with Crippen molar-refractivity contribution in [1.29, 1.82) is 0 Å². The highest BCUT2D eigenvalue weighted by Crippen LogP contribution is 2.57. The predicted molar refractivity (Wildman–Crippen MR) is 124 cm³/mol. The minimum Gasteiger partial charge on any atom is -0.496 e. The SMILES string of the molecule is COc1cc(OC)c2c(c1Cl)OC1(C2=O)C(C)CC2NN(C)C(c3cccc(Cl)c3)C2C1O. The van der Waals surface area contributed by atoms with E-state index in [2.05, 4.69) is 5.43 Å². The molecular formula is C24H26Cl2N2O5. The number of Topliss-reactive ketones (excluding diaryl/α,β-unsaturated/α-hetero) is 1. The van der Waals surface area contributed by atoms with Crippen LogP contribution in [0.25, 0.3) is 0 Å². The summed E-state index contributed by atoms with van der Waals surface area (Å²) in [4.78, 5) is 14.0. The molecule has 0 radical (unpaired) electrons. The van der Waals surface area contributed by atoms with E-state index in [9.17, 15) is 9.90 Å². The van der Waals surface area contributed by atoms with Gasteiger partial charge in [-0.15, -0.1) is 0 Å². The number of ether oxygens (including phenoxy) is 3. The zero-order valence-electron chi connectivity index (χ0n) is 18.8. The van der Waals surface area contributed by atoms with Crippen LogP contribution in [-0.2, 0) is 0 Å². The topological polar surface area (TPSA) is 80.3 Å². The fourth-order valence-electron chi connectivity index (χ4n) is 5.92. The van der Waals surface area contributed by atoms with Gasteiger partial charge in [0, 0.05) is 36.0 Å². The average molecular weight is 493 g/mol. The second-order valence-corrected chi connectivity index (χ2v) is 9.84. The minimum atomic E-state index is -1.49. The molecule has 176 valence electrons. The van der Waals surface area contributed by atoms with E-state index >= 15 is 0 Å². The molecule has 2 N–H and O–H groups in total. The number of methoxy groups -OCH3 is 2. The van der Waals surface area contributed by atoms with Crippen LogP contribution >= 0.6 is 23.2 Å². The number of hydrazine groups is 1. The maximum Gasteiger partial charge on any atom is 0.216 e. The van der Waals surface area contributed by atoms with Crippen molar-refractivity contribution in [3.05, 3.63) is 51.5 Å². The molecular weight excluding hydrogens is 467 g/mol. The smallest absolute Gasteiger partial charge is 0.216 e. The molecule has 1 saturated carbocycles. The highest BCUT2D eigenvalue weighted by molar-refractivity contribution is 6.35. The quantitative estimate of drug-likeness (QED) is 0.672. The lowest BCUT2D eigenvalue weighted by Gasteiger charge is -2.47. The van der Waals surface area contributed by atoms with Crippen LogP contribution in [0.3, 0.4) is 0 Å². The summed E-state index contributed by atoms with van der Waals surface area (Å²) in [5, 5.41) is 14.7.